The van der Waals surface area contributed by atoms with Crippen LogP contribution in [0.2, 0.25) is 0 Å². The zero-order chi connectivity index (χ0) is 20.5. The lowest BCUT2D eigenvalue weighted by Crippen LogP contribution is -2.45. The van der Waals surface area contributed by atoms with Gasteiger partial charge in [0.15, 0.2) is 0 Å². The molecule has 2 aromatic rings. The first-order valence-electron chi connectivity index (χ1n) is 9.84. The number of carbonyl (C=O) groups excluding carboxylic acids is 1. The molecule has 2 fully saturated rings. The summed E-state index contributed by atoms with van der Waals surface area (Å²) in [4.78, 5) is 19.5. The SMILES string of the molecule is Cc1noc(C)c1C(=O)N[C@H]1[C@H](O)[C@H](O)C[C@@H]1c1ccc(N2CCOCC2)nc1. The molecule has 2 aliphatic rings. The summed E-state index contributed by atoms with van der Waals surface area (Å²) in [5.74, 6) is 0.659. The number of carbonyl (C=O) groups is 1. The van der Waals surface area contributed by atoms with E-state index >= 15 is 0 Å². The van der Waals surface area contributed by atoms with Crippen LogP contribution in [-0.2, 0) is 4.74 Å². The lowest BCUT2D eigenvalue weighted by atomic mass is 9.94. The number of aliphatic hydroxyl groups excluding tert-OH is 2. The van der Waals surface area contributed by atoms with Gasteiger partial charge in [0.05, 0.1) is 31.1 Å². The maximum Gasteiger partial charge on any atom is 0.257 e. The first-order chi connectivity index (χ1) is 14.0. The summed E-state index contributed by atoms with van der Waals surface area (Å²) in [5, 5.41) is 27.4. The Morgan fingerprint density at radius 1 is 1.24 bits per heavy atom. The summed E-state index contributed by atoms with van der Waals surface area (Å²) in [6.45, 7) is 6.31. The van der Waals surface area contributed by atoms with Crippen LogP contribution in [0, 0.1) is 13.8 Å². The van der Waals surface area contributed by atoms with Gasteiger partial charge in [0.2, 0.25) is 0 Å². The number of amides is 1. The molecular formula is C20H26N4O5. The van der Waals surface area contributed by atoms with Gasteiger partial charge in [-0.25, -0.2) is 4.98 Å². The molecule has 4 rings (SSSR count). The Balaban J connectivity index is 1.53. The van der Waals surface area contributed by atoms with Crippen LogP contribution >= 0.6 is 0 Å². The molecule has 3 N–H and O–H groups in total. The molecule has 0 aromatic carbocycles. The van der Waals surface area contributed by atoms with Crippen LogP contribution in [0.5, 0.6) is 0 Å². The van der Waals surface area contributed by atoms with Gasteiger partial charge in [0.1, 0.15) is 23.2 Å². The molecule has 0 bridgehead atoms. The standard InChI is InChI=1S/C20H26N4O5/c1-11-17(12(2)29-23-11)20(27)22-18-14(9-15(25)19(18)26)13-3-4-16(21-10-13)24-5-7-28-8-6-24/h3-4,10,14-15,18-19,25-26H,5-9H2,1-2H3,(H,22,27)/t14-,15-,18-,19-/m1/s1. The number of aliphatic hydroxyl groups is 2. The van der Waals surface area contributed by atoms with Gasteiger partial charge in [0, 0.05) is 25.2 Å². The first kappa shape index (κ1) is 19.8. The predicted octanol–water partition coefficient (Wildman–Crippen LogP) is 0.531. The normalized spacial score (nSPS) is 27.2. The molecule has 1 saturated heterocycles. The van der Waals surface area contributed by atoms with E-state index in [4.69, 9.17) is 9.26 Å². The second-order valence-electron chi connectivity index (χ2n) is 7.65. The highest BCUT2D eigenvalue weighted by Crippen LogP contribution is 2.36. The Labute approximate surface area is 168 Å². The van der Waals surface area contributed by atoms with Crippen LogP contribution in [0.15, 0.2) is 22.9 Å². The molecule has 1 aliphatic heterocycles. The second-order valence-corrected chi connectivity index (χ2v) is 7.65. The third-order valence-corrected chi connectivity index (χ3v) is 5.78. The molecule has 1 saturated carbocycles. The first-order valence-corrected chi connectivity index (χ1v) is 9.84. The van der Waals surface area contributed by atoms with Crippen LogP contribution in [0.4, 0.5) is 5.82 Å². The van der Waals surface area contributed by atoms with Crippen molar-refractivity contribution in [2.75, 3.05) is 31.2 Å². The van der Waals surface area contributed by atoms with Gasteiger partial charge in [-0.1, -0.05) is 11.2 Å². The second kappa shape index (κ2) is 8.10. The number of ether oxygens (including phenoxy) is 1. The lowest BCUT2D eigenvalue weighted by Gasteiger charge is -2.28. The Morgan fingerprint density at radius 2 is 2.00 bits per heavy atom. The number of nitrogens with one attached hydrogen (secondary N) is 1. The topological polar surface area (TPSA) is 121 Å². The fourth-order valence-electron chi connectivity index (χ4n) is 4.18. The van der Waals surface area contributed by atoms with E-state index in [1.54, 1.807) is 20.0 Å². The molecule has 9 nitrogen and oxygen atoms in total. The Bertz CT molecular complexity index is 843. The van der Waals surface area contributed by atoms with Crippen LogP contribution in [-0.4, -0.2) is 70.8 Å². The Hall–Kier alpha value is -2.49. The molecule has 1 amide bonds. The largest absolute Gasteiger partial charge is 0.390 e. The summed E-state index contributed by atoms with van der Waals surface area (Å²) >= 11 is 0. The molecule has 156 valence electrons. The Morgan fingerprint density at radius 3 is 2.62 bits per heavy atom. The van der Waals surface area contributed by atoms with Crippen LogP contribution in [0.1, 0.15) is 39.7 Å². The van der Waals surface area contributed by atoms with Gasteiger partial charge >= 0.3 is 0 Å². The van der Waals surface area contributed by atoms with Gasteiger partial charge in [-0.05, 0) is 31.9 Å². The summed E-state index contributed by atoms with van der Waals surface area (Å²) < 4.78 is 10.4. The van der Waals surface area contributed by atoms with Crippen molar-refractivity contribution >= 4 is 11.7 Å². The Kier molecular flexibility index (Phi) is 5.53. The zero-order valence-corrected chi connectivity index (χ0v) is 16.5. The van der Waals surface area contributed by atoms with Crippen molar-refractivity contribution in [3.8, 4) is 0 Å². The number of aromatic nitrogens is 2. The third kappa shape index (κ3) is 3.85. The minimum Gasteiger partial charge on any atom is -0.390 e. The number of morpholine rings is 1. The number of aryl methyl sites for hydroxylation is 2. The summed E-state index contributed by atoms with van der Waals surface area (Å²) in [6.07, 6.45) is 0.110. The van der Waals surface area contributed by atoms with Crippen molar-refractivity contribution < 1.29 is 24.3 Å². The van der Waals surface area contributed by atoms with Crippen molar-refractivity contribution in [1.29, 1.82) is 0 Å². The van der Waals surface area contributed by atoms with Crippen molar-refractivity contribution in [2.24, 2.45) is 0 Å². The van der Waals surface area contributed by atoms with Crippen LogP contribution in [0.25, 0.3) is 0 Å². The minimum absolute atomic E-state index is 0.254. The smallest absolute Gasteiger partial charge is 0.257 e. The van der Waals surface area contributed by atoms with Gasteiger partial charge in [0.25, 0.3) is 5.91 Å². The van der Waals surface area contributed by atoms with E-state index < -0.39 is 18.2 Å². The average molecular weight is 402 g/mol. The van der Waals surface area contributed by atoms with Gasteiger partial charge in [-0.3, -0.25) is 4.79 Å². The van der Waals surface area contributed by atoms with Crippen LogP contribution in [0.3, 0.4) is 0 Å². The van der Waals surface area contributed by atoms with Crippen molar-refractivity contribution in [2.45, 2.75) is 44.4 Å². The monoisotopic (exact) mass is 402 g/mol. The highest BCUT2D eigenvalue weighted by Gasteiger charge is 2.43. The number of hydrogen-bond acceptors (Lipinski definition) is 8. The van der Waals surface area contributed by atoms with Gasteiger partial charge in [-0.2, -0.15) is 0 Å². The quantitative estimate of drug-likeness (QED) is 0.677. The molecule has 29 heavy (non-hydrogen) atoms. The summed E-state index contributed by atoms with van der Waals surface area (Å²) in [5.41, 5.74) is 1.71. The van der Waals surface area contributed by atoms with E-state index in [1.165, 1.54) is 0 Å². The molecule has 0 unspecified atom stereocenters. The molecular weight excluding hydrogens is 376 g/mol. The molecule has 2 aromatic heterocycles. The predicted molar refractivity (Wildman–Crippen MR) is 104 cm³/mol. The third-order valence-electron chi connectivity index (χ3n) is 5.78. The van der Waals surface area contributed by atoms with Crippen LogP contribution < -0.4 is 10.2 Å². The maximum atomic E-state index is 12.8. The summed E-state index contributed by atoms with van der Waals surface area (Å²) in [6, 6.07) is 3.25. The molecule has 3 heterocycles. The summed E-state index contributed by atoms with van der Waals surface area (Å²) in [7, 11) is 0. The molecule has 0 radical (unpaired) electrons. The number of pyridine rings is 1. The minimum atomic E-state index is -1.07. The number of nitrogens with zero attached hydrogens (tertiary/aromatic N) is 3. The van der Waals surface area contributed by atoms with E-state index in [-0.39, 0.29) is 11.8 Å². The van der Waals surface area contributed by atoms with E-state index in [9.17, 15) is 15.0 Å². The van der Waals surface area contributed by atoms with E-state index in [0.29, 0.717) is 36.7 Å². The van der Waals surface area contributed by atoms with Gasteiger partial charge in [-0.15, -0.1) is 0 Å². The van der Waals surface area contributed by atoms with E-state index in [2.05, 4.69) is 20.4 Å². The molecule has 4 atom stereocenters. The average Bonchev–Trinajstić information content (AvgIpc) is 3.22. The highest BCUT2D eigenvalue weighted by atomic mass is 16.5. The van der Waals surface area contributed by atoms with Gasteiger partial charge < -0.3 is 29.7 Å². The highest BCUT2D eigenvalue weighted by molar-refractivity contribution is 5.96. The zero-order valence-electron chi connectivity index (χ0n) is 16.5. The fourth-order valence-corrected chi connectivity index (χ4v) is 4.18. The van der Waals surface area contributed by atoms with E-state index in [0.717, 1.165) is 24.5 Å². The maximum absolute atomic E-state index is 12.8. The van der Waals surface area contributed by atoms with Crippen molar-refractivity contribution in [3.05, 3.63) is 40.9 Å². The molecule has 1 aliphatic carbocycles. The van der Waals surface area contributed by atoms with E-state index in [1.807, 2.05) is 12.1 Å². The number of rotatable bonds is 4. The molecule has 0 spiro atoms. The fraction of sp³-hybridized carbons (Fsp3) is 0.550. The number of anilines is 1. The van der Waals surface area contributed by atoms with Crippen molar-refractivity contribution in [3.63, 3.8) is 0 Å². The van der Waals surface area contributed by atoms with Crippen molar-refractivity contribution in [1.82, 2.24) is 15.5 Å². The lowest BCUT2D eigenvalue weighted by molar-refractivity contribution is 0.0294. The number of hydrogen-bond donors (Lipinski definition) is 3. The molecule has 9 heteroatoms.